The van der Waals surface area contributed by atoms with E-state index >= 15 is 0 Å². The first-order chi connectivity index (χ1) is 12.3. The minimum atomic E-state index is -0.468. The zero-order valence-electron chi connectivity index (χ0n) is 15.8. The van der Waals surface area contributed by atoms with Gasteiger partial charge in [-0.1, -0.05) is 12.2 Å². The number of hydroxylamine groups is 1. The second-order valence-electron chi connectivity index (χ2n) is 8.42. The van der Waals surface area contributed by atoms with Crippen LogP contribution in [0.3, 0.4) is 0 Å². The number of hydrogen-bond acceptors (Lipinski definition) is 6. The highest BCUT2D eigenvalue weighted by Gasteiger charge is 2.59. The Morgan fingerprint density at radius 3 is 2.58 bits per heavy atom. The second-order valence-corrected chi connectivity index (χ2v) is 8.42. The smallest absolute Gasteiger partial charge is 0.410 e. The van der Waals surface area contributed by atoms with E-state index in [9.17, 15) is 4.79 Å². The van der Waals surface area contributed by atoms with Gasteiger partial charge in [0.25, 0.3) is 0 Å². The average molecular weight is 358 g/mol. The van der Waals surface area contributed by atoms with Crippen LogP contribution in [-0.2, 0) is 9.57 Å². The van der Waals surface area contributed by atoms with E-state index in [2.05, 4.69) is 22.3 Å². The topological polar surface area (TPSA) is 67.8 Å². The third kappa shape index (κ3) is 2.84. The summed E-state index contributed by atoms with van der Waals surface area (Å²) in [5, 5.41) is 10.3. The van der Waals surface area contributed by atoms with Crippen molar-refractivity contribution in [3.8, 4) is 0 Å². The van der Waals surface area contributed by atoms with Gasteiger partial charge in [0.2, 0.25) is 0 Å². The summed E-state index contributed by atoms with van der Waals surface area (Å²) in [6, 6.07) is 4.02. The fraction of sp³-hybridized carbons (Fsp3) is 0.632. The molecule has 2 bridgehead atoms. The third-order valence-corrected chi connectivity index (χ3v) is 5.46. The molecule has 2 fully saturated rings. The lowest BCUT2D eigenvalue weighted by Gasteiger charge is -2.41. The summed E-state index contributed by atoms with van der Waals surface area (Å²) < 4.78 is 5.51. The molecular weight excluding hydrogens is 332 g/mol. The molecule has 0 aromatic carbocycles. The van der Waals surface area contributed by atoms with Crippen LogP contribution < -0.4 is 5.06 Å². The second kappa shape index (κ2) is 5.94. The molecule has 1 amide bonds. The highest BCUT2D eigenvalue weighted by molar-refractivity contribution is 5.68. The molecule has 1 aliphatic carbocycles. The molecule has 2 atom stereocenters. The number of hydrogen-bond donors (Lipinski definition) is 0. The van der Waals surface area contributed by atoms with Crippen molar-refractivity contribution < 1.29 is 14.4 Å². The maximum absolute atomic E-state index is 12.3. The molecule has 0 saturated carbocycles. The Bertz CT molecular complexity index is 717. The summed E-state index contributed by atoms with van der Waals surface area (Å²) in [7, 11) is 0. The zero-order valence-corrected chi connectivity index (χ0v) is 15.8. The first-order valence-corrected chi connectivity index (χ1v) is 9.21. The number of amides is 1. The van der Waals surface area contributed by atoms with Crippen molar-refractivity contribution in [2.45, 2.75) is 58.3 Å². The highest BCUT2D eigenvalue weighted by Crippen LogP contribution is 2.52. The lowest BCUT2D eigenvalue weighted by atomic mass is 9.72. The molecule has 1 aromatic heterocycles. The van der Waals surface area contributed by atoms with Crippen molar-refractivity contribution in [2.24, 2.45) is 5.41 Å². The van der Waals surface area contributed by atoms with Gasteiger partial charge in [0.05, 0.1) is 11.7 Å². The molecule has 7 nitrogen and oxygen atoms in total. The van der Waals surface area contributed by atoms with Gasteiger partial charge < -0.3 is 9.64 Å². The molecule has 1 aromatic rings. The predicted molar refractivity (Wildman–Crippen MR) is 96.5 cm³/mol. The molecule has 1 spiro atoms. The number of nitrogens with zero attached hydrogens (tertiary/aromatic N) is 4. The Hall–Kier alpha value is -2.15. The van der Waals surface area contributed by atoms with E-state index in [1.807, 2.05) is 49.8 Å². The SMILES string of the molecule is Cc1ccc(N2OC3C=CC2C32CCN(C(=O)OC(C)(C)C)CC2)nn1. The van der Waals surface area contributed by atoms with Crippen LogP contribution in [0.4, 0.5) is 10.6 Å². The van der Waals surface area contributed by atoms with Crippen LogP contribution in [0, 0.1) is 12.3 Å². The van der Waals surface area contributed by atoms with Gasteiger partial charge in [-0.2, -0.15) is 5.10 Å². The number of likely N-dealkylation sites (tertiary alicyclic amines) is 1. The van der Waals surface area contributed by atoms with Gasteiger partial charge in [-0.15, -0.1) is 5.10 Å². The molecule has 0 N–H and O–H groups in total. The van der Waals surface area contributed by atoms with E-state index in [0.717, 1.165) is 24.4 Å². The summed E-state index contributed by atoms with van der Waals surface area (Å²) in [4.78, 5) is 20.3. The van der Waals surface area contributed by atoms with E-state index < -0.39 is 5.60 Å². The van der Waals surface area contributed by atoms with Gasteiger partial charge in [-0.05, 0) is 52.7 Å². The van der Waals surface area contributed by atoms with Crippen molar-refractivity contribution in [2.75, 3.05) is 18.2 Å². The molecular formula is C19H26N4O3. The van der Waals surface area contributed by atoms with Crippen LogP contribution in [-0.4, -0.2) is 52.0 Å². The molecule has 4 rings (SSSR count). The Balaban J connectivity index is 1.46. The Labute approximate surface area is 153 Å². The number of aryl methyl sites for hydroxylation is 1. The molecule has 2 aliphatic heterocycles. The van der Waals surface area contributed by atoms with Crippen LogP contribution in [0.2, 0.25) is 0 Å². The van der Waals surface area contributed by atoms with Gasteiger partial charge in [-0.25, -0.2) is 9.86 Å². The number of carbonyl (C=O) groups excluding carboxylic acids is 1. The molecule has 2 unspecified atom stereocenters. The van der Waals surface area contributed by atoms with Crippen LogP contribution in [0.15, 0.2) is 24.3 Å². The van der Waals surface area contributed by atoms with E-state index in [4.69, 9.17) is 9.57 Å². The Morgan fingerprint density at radius 2 is 1.96 bits per heavy atom. The van der Waals surface area contributed by atoms with E-state index in [1.165, 1.54) is 0 Å². The van der Waals surface area contributed by atoms with E-state index in [1.54, 1.807) is 0 Å². The summed E-state index contributed by atoms with van der Waals surface area (Å²) in [5.74, 6) is 0.737. The van der Waals surface area contributed by atoms with Gasteiger partial charge in [0.1, 0.15) is 11.7 Å². The first kappa shape index (κ1) is 17.3. The number of ether oxygens (including phenoxy) is 1. The minimum absolute atomic E-state index is 0.00885. The van der Waals surface area contributed by atoms with E-state index in [-0.39, 0.29) is 23.7 Å². The molecule has 7 heteroatoms. The quantitative estimate of drug-likeness (QED) is 0.719. The molecule has 140 valence electrons. The van der Waals surface area contributed by atoms with Gasteiger partial charge in [-0.3, -0.25) is 4.84 Å². The maximum atomic E-state index is 12.3. The molecule has 3 heterocycles. The van der Waals surface area contributed by atoms with E-state index in [0.29, 0.717) is 13.1 Å². The molecule has 3 aliphatic rings. The fourth-order valence-electron chi connectivity index (χ4n) is 4.12. The fourth-order valence-corrected chi connectivity index (χ4v) is 4.12. The molecule has 26 heavy (non-hydrogen) atoms. The standard InChI is InChI=1S/C19H26N4O3/c1-13-5-8-16(21-20-13)23-14-6-7-15(26-23)19(14)9-11-22(12-10-19)17(24)25-18(2,3)4/h5-8,14-15H,9-12H2,1-4H3. The van der Waals surface area contributed by atoms with Crippen molar-refractivity contribution in [1.82, 2.24) is 15.1 Å². The zero-order chi connectivity index (χ0) is 18.5. The lowest BCUT2D eigenvalue weighted by molar-refractivity contribution is 0.000190. The van der Waals surface area contributed by atoms with Crippen LogP contribution in [0.25, 0.3) is 0 Å². The lowest BCUT2D eigenvalue weighted by Crippen LogP contribution is -2.50. The van der Waals surface area contributed by atoms with Crippen LogP contribution >= 0.6 is 0 Å². The monoisotopic (exact) mass is 358 g/mol. The number of aromatic nitrogens is 2. The number of piperidine rings is 1. The normalized spacial score (nSPS) is 26.6. The maximum Gasteiger partial charge on any atom is 0.410 e. The van der Waals surface area contributed by atoms with Crippen molar-refractivity contribution in [3.05, 3.63) is 30.0 Å². The van der Waals surface area contributed by atoms with Crippen molar-refractivity contribution >= 4 is 11.9 Å². The predicted octanol–water partition coefficient (Wildman–Crippen LogP) is 2.86. The van der Waals surface area contributed by atoms with Gasteiger partial charge in [0, 0.05) is 18.5 Å². The first-order valence-electron chi connectivity index (χ1n) is 9.21. The molecule has 2 saturated heterocycles. The summed E-state index contributed by atoms with van der Waals surface area (Å²) in [6.07, 6.45) is 5.91. The number of rotatable bonds is 1. The Morgan fingerprint density at radius 1 is 1.23 bits per heavy atom. The van der Waals surface area contributed by atoms with Crippen molar-refractivity contribution in [1.29, 1.82) is 0 Å². The van der Waals surface area contributed by atoms with Crippen LogP contribution in [0.5, 0.6) is 0 Å². The number of anilines is 1. The summed E-state index contributed by atoms with van der Waals surface area (Å²) in [6.45, 7) is 8.96. The largest absolute Gasteiger partial charge is 0.444 e. The summed E-state index contributed by atoms with van der Waals surface area (Å²) >= 11 is 0. The minimum Gasteiger partial charge on any atom is -0.444 e. The van der Waals surface area contributed by atoms with Crippen LogP contribution in [0.1, 0.15) is 39.3 Å². The average Bonchev–Trinajstić information content (AvgIpc) is 3.06. The van der Waals surface area contributed by atoms with Gasteiger partial charge >= 0.3 is 6.09 Å². The third-order valence-electron chi connectivity index (χ3n) is 5.46. The number of carbonyl (C=O) groups is 1. The Kier molecular flexibility index (Phi) is 3.95. The van der Waals surface area contributed by atoms with Crippen molar-refractivity contribution in [3.63, 3.8) is 0 Å². The highest BCUT2D eigenvalue weighted by atomic mass is 16.7. The summed E-state index contributed by atoms with van der Waals surface area (Å²) in [5.41, 5.74) is 0.406. The van der Waals surface area contributed by atoms with Gasteiger partial charge in [0.15, 0.2) is 5.82 Å². The molecule has 0 radical (unpaired) electrons.